The zero-order valence-corrected chi connectivity index (χ0v) is 14.4. The minimum absolute atomic E-state index is 0.00841. The monoisotopic (exact) mass is 346 g/mol. The standard InChI is InChI=1S/C17H26N6O2/c24-10-15(11-25)22-6-3-13(4-7-22)17-20-19-16(23(17)14-1-2-14)9-21-8-5-18-12-21/h5,8,12-15,24-25H,1-4,6-7,9-11H2. The third-order valence-corrected chi connectivity index (χ3v) is 5.42. The van der Waals surface area contributed by atoms with Crippen LogP contribution < -0.4 is 0 Å². The van der Waals surface area contributed by atoms with E-state index in [1.807, 2.05) is 17.1 Å². The van der Waals surface area contributed by atoms with Crippen LogP contribution in [-0.4, -0.2) is 71.8 Å². The van der Waals surface area contributed by atoms with Crippen molar-refractivity contribution in [3.05, 3.63) is 30.4 Å². The number of aromatic nitrogens is 5. The molecule has 4 rings (SSSR count). The molecule has 0 spiro atoms. The Labute approximate surface area is 147 Å². The van der Waals surface area contributed by atoms with Gasteiger partial charge in [0.2, 0.25) is 0 Å². The molecule has 2 aromatic rings. The molecule has 0 aromatic carbocycles. The van der Waals surface area contributed by atoms with E-state index in [2.05, 4.69) is 24.6 Å². The maximum Gasteiger partial charge on any atom is 0.153 e. The van der Waals surface area contributed by atoms with Crippen LogP contribution in [0.3, 0.4) is 0 Å². The van der Waals surface area contributed by atoms with Gasteiger partial charge in [0.05, 0.1) is 32.1 Å². The van der Waals surface area contributed by atoms with E-state index >= 15 is 0 Å². The molecule has 1 aliphatic heterocycles. The SMILES string of the molecule is OCC(CO)N1CCC(c2nnc(Cn3ccnc3)n2C2CC2)CC1. The minimum atomic E-state index is -0.140. The van der Waals surface area contributed by atoms with Gasteiger partial charge >= 0.3 is 0 Å². The van der Waals surface area contributed by atoms with Gasteiger partial charge in [0.1, 0.15) is 5.82 Å². The van der Waals surface area contributed by atoms with Crippen molar-refractivity contribution in [3.8, 4) is 0 Å². The Hall–Kier alpha value is -1.77. The summed E-state index contributed by atoms with van der Waals surface area (Å²) in [7, 11) is 0. The summed E-state index contributed by atoms with van der Waals surface area (Å²) in [6, 6.07) is 0.406. The van der Waals surface area contributed by atoms with Crippen LogP contribution >= 0.6 is 0 Å². The number of hydrogen-bond donors (Lipinski definition) is 2. The third kappa shape index (κ3) is 3.47. The smallest absolute Gasteiger partial charge is 0.153 e. The van der Waals surface area contributed by atoms with E-state index in [1.165, 1.54) is 12.8 Å². The Morgan fingerprint density at radius 3 is 2.44 bits per heavy atom. The number of piperidine rings is 1. The van der Waals surface area contributed by atoms with E-state index < -0.39 is 0 Å². The molecule has 0 bridgehead atoms. The first-order chi connectivity index (χ1) is 12.3. The number of nitrogens with zero attached hydrogens (tertiary/aromatic N) is 6. The molecular formula is C17H26N6O2. The first kappa shape index (κ1) is 16.7. The molecule has 3 heterocycles. The van der Waals surface area contributed by atoms with Gasteiger partial charge in [0.15, 0.2) is 5.82 Å². The van der Waals surface area contributed by atoms with Gasteiger partial charge in [-0.2, -0.15) is 0 Å². The molecule has 25 heavy (non-hydrogen) atoms. The summed E-state index contributed by atoms with van der Waals surface area (Å²) in [6.45, 7) is 2.48. The zero-order valence-electron chi connectivity index (χ0n) is 14.4. The highest BCUT2D eigenvalue weighted by atomic mass is 16.3. The second-order valence-electron chi connectivity index (χ2n) is 7.14. The van der Waals surface area contributed by atoms with Gasteiger partial charge in [-0.1, -0.05) is 0 Å². The van der Waals surface area contributed by atoms with Crippen molar-refractivity contribution >= 4 is 0 Å². The fourth-order valence-electron chi connectivity index (χ4n) is 3.81. The lowest BCUT2D eigenvalue weighted by Gasteiger charge is -2.35. The lowest BCUT2D eigenvalue weighted by molar-refractivity contribution is 0.0560. The van der Waals surface area contributed by atoms with Gasteiger partial charge in [0.25, 0.3) is 0 Å². The van der Waals surface area contributed by atoms with Crippen LogP contribution in [-0.2, 0) is 6.54 Å². The summed E-state index contributed by atoms with van der Waals surface area (Å²) in [4.78, 5) is 6.29. The van der Waals surface area contributed by atoms with E-state index in [0.717, 1.165) is 37.6 Å². The number of rotatable bonds is 7. The fourth-order valence-corrected chi connectivity index (χ4v) is 3.81. The van der Waals surface area contributed by atoms with E-state index in [0.29, 0.717) is 18.5 Å². The Morgan fingerprint density at radius 2 is 1.84 bits per heavy atom. The second kappa shape index (κ2) is 7.23. The predicted octanol–water partition coefficient (Wildman–Crippen LogP) is 0.390. The van der Waals surface area contributed by atoms with Gasteiger partial charge in [-0.3, -0.25) is 4.90 Å². The second-order valence-corrected chi connectivity index (χ2v) is 7.14. The van der Waals surface area contributed by atoms with Crippen LogP contribution in [0.25, 0.3) is 0 Å². The van der Waals surface area contributed by atoms with Gasteiger partial charge in [-0.05, 0) is 38.8 Å². The summed E-state index contributed by atoms with van der Waals surface area (Å²) in [5, 5.41) is 27.8. The number of aliphatic hydroxyl groups excluding tert-OH is 2. The highest BCUT2D eigenvalue weighted by molar-refractivity contribution is 5.09. The maximum absolute atomic E-state index is 9.38. The summed E-state index contributed by atoms with van der Waals surface area (Å²) < 4.78 is 4.39. The first-order valence-corrected chi connectivity index (χ1v) is 9.15. The van der Waals surface area contributed by atoms with Crippen LogP contribution in [0.4, 0.5) is 0 Å². The van der Waals surface area contributed by atoms with Gasteiger partial charge in [0, 0.05) is 24.4 Å². The molecular weight excluding hydrogens is 320 g/mol. The van der Waals surface area contributed by atoms with Crippen molar-refractivity contribution in [2.24, 2.45) is 0 Å². The van der Waals surface area contributed by atoms with Crippen LogP contribution in [0, 0.1) is 0 Å². The first-order valence-electron chi connectivity index (χ1n) is 9.15. The van der Waals surface area contributed by atoms with Crippen molar-refractivity contribution in [3.63, 3.8) is 0 Å². The highest BCUT2D eigenvalue weighted by Crippen LogP contribution is 2.40. The molecule has 8 nitrogen and oxygen atoms in total. The number of aliphatic hydroxyl groups is 2. The summed E-state index contributed by atoms with van der Waals surface area (Å²) in [6.07, 6.45) is 9.95. The highest BCUT2D eigenvalue weighted by Gasteiger charge is 2.34. The molecule has 2 N–H and O–H groups in total. The molecule has 0 unspecified atom stereocenters. The van der Waals surface area contributed by atoms with Crippen molar-refractivity contribution in [2.45, 2.75) is 50.2 Å². The van der Waals surface area contributed by atoms with Crippen LogP contribution in [0.15, 0.2) is 18.7 Å². The maximum atomic E-state index is 9.38. The third-order valence-electron chi connectivity index (χ3n) is 5.42. The number of imidazole rings is 1. The van der Waals surface area contributed by atoms with Gasteiger partial charge in [-0.15, -0.1) is 10.2 Å². The summed E-state index contributed by atoms with van der Waals surface area (Å²) in [5.41, 5.74) is 0. The topological polar surface area (TPSA) is 92.2 Å². The summed E-state index contributed by atoms with van der Waals surface area (Å²) >= 11 is 0. The lowest BCUT2D eigenvalue weighted by Crippen LogP contribution is -2.45. The predicted molar refractivity (Wildman–Crippen MR) is 91.1 cm³/mol. The number of hydrogen-bond acceptors (Lipinski definition) is 6. The van der Waals surface area contributed by atoms with E-state index in [-0.39, 0.29) is 19.3 Å². The minimum Gasteiger partial charge on any atom is -0.395 e. The lowest BCUT2D eigenvalue weighted by atomic mass is 9.95. The molecule has 136 valence electrons. The molecule has 0 atom stereocenters. The number of likely N-dealkylation sites (tertiary alicyclic amines) is 1. The van der Waals surface area contributed by atoms with E-state index in [1.54, 1.807) is 6.20 Å². The van der Waals surface area contributed by atoms with Gasteiger partial charge < -0.3 is 19.3 Å². The Kier molecular flexibility index (Phi) is 4.82. The Bertz CT molecular complexity index is 669. The molecule has 0 radical (unpaired) electrons. The Morgan fingerprint density at radius 1 is 1.08 bits per heavy atom. The molecule has 1 saturated carbocycles. The van der Waals surface area contributed by atoms with Crippen molar-refractivity contribution in [2.75, 3.05) is 26.3 Å². The van der Waals surface area contributed by atoms with Crippen LogP contribution in [0.5, 0.6) is 0 Å². The molecule has 8 heteroatoms. The molecule has 2 aliphatic rings. The fraction of sp³-hybridized carbons (Fsp3) is 0.706. The average molecular weight is 346 g/mol. The van der Waals surface area contributed by atoms with Crippen molar-refractivity contribution in [1.82, 2.24) is 29.2 Å². The van der Waals surface area contributed by atoms with Gasteiger partial charge in [-0.25, -0.2) is 4.98 Å². The van der Waals surface area contributed by atoms with Crippen LogP contribution in [0.1, 0.15) is 49.3 Å². The average Bonchev–Trinajstić information content (AvgIpc) is 3.18. The molecule has 1 saturated heterocycles. The van der Waals surface area contributed by atoms with E-state index in [4.69, 9.17) is 0 Å². The normalized spacial score (nSPS) is 19.8. The molecule has 1 aliphatic carbocycles. The van der Waals surface area contributed by atoms with Crippen molar-refractivity contribution in [1.29, 1.82) is 0 Å². The zero-order chi connectivity index (χ0) is 17.2. The van der Waals surface area contributed by atoms with Crippen LogP contribution in [0.2, 0.25) is 0 Å². The quantitative estimate of drug-likeness (QED) is 0.753. The molecule has 2 fully saturated rings. The Balaban J connectivity index is 1.48. The molecule has 0 amide bonds. The van der Waals surface area contributed by atoms with Crippen molar-refractivity contribution < 1.29 is 10.2 Å². The molecule has 2 aromatic heterocycles. The summed E-state index contributed by atoms with van der Waals surface area (Å²) in [5.74, 6) is 2.53. The largest absolute Gasteiger partial charge is 0.395 e. The van der Waals surface area contributed by atoms with E-state index in [9.17, 15) is 10.2 Å².